The number of halogens is 1. The molecule has 0 aromatic heterocycles. The molecule has 1 aliphatic carbocycles. The molecular formula is C22H34ClNO2. The van der Waals surface area contributed by atoms with Gasteiger partial charge in [0.2, 0.25) is 0 Å². The van der Waals surface area contributed by atoms with Crippen molar-refractivity contribution < 1.29 is 9.53 Å². The maximum atomic E-state index is 12.5. The summed E-state index contributed by atoms with van der Waals surface area (Å²) in [7, 11) is 0. The molecule has 0 saturated heterocycles. The minimum absolute atomic E-state index is 0.0906. The first-order valence-corrected chi connectivity index (χ1v) is 10.5. The van der Waals surface area contributed by atoms with E-state index in [1.54, 1.807) is 0 Å². The third kappa shape index (κ3) is 5.01. The summed E-state index contributed by atoms with van der Waals surface area (Å²) in [4.78, 5) is 12.5. The average molecular weight is 380 g/mol. The highest BCUT2D eigenvalue weighted by Crippen LogP contribution is 2.48. The molecule has 4 heteroatoms. The summed E-state index contributed by atoms with van der Waals surface area (Å²) in [5.74, 6) is 0.440. The molecule has 3 nitrogen and oxygen atoms in total. The van der Waals surface area contributed by atoms with Gasteiger partial charge in [0.25, 0.3) is 0 Å². The molecule has 2 rings (SSSR count). The van der Waals surface area contributed by atoms with E-state index in [1.165, 1.54) is 12.0 Å². The fourth-order valence-corrected chi connectivity index (χ4v) is 4.27. The molecule has 1 saturated carbocycles. The van der Waals surface area contributed by atoms with Gasteiger partial charge in [0, 0.05) is 16.5 Å². The number of nitrogens with one attached hydrogen (secondary N) is 1. The van der Waals surface area contributed by atoms with Gasteiger partial charge in [-0.25, -0.2) is 0 Å². The summed E-state index contributed by atoms with van der Waals surface area (Å²) < 4.78 is 5.33. The quantitative estimate of drug-likeness (QED) is 0.545. The highest BCUT2D eigenvalue weighted by molar-refractivity contribution is 6.30. The Morgan fingerprint density at radius 1 is 1.23 bits per heavy atom. The molecule has 0 heterocycles. The van der Waals surface area contributed by atoms with Crippen LogP contribution in [0.4, 0.5) is 0 Å². The van der Waals surface area contributed by atoms with Crippen molar-refractivity contribution in [1.29, 1.82) is 0 Å². The predicted octanol–water partition coefficient (Wildman–Crippen LogP) is 5.50. The lowest BCUT2D eigenvalue weighted by molar-refractivity contribution is -0.146. The van der Waals surface area contributed by atoms with Crippen molar-refractivity contribution in [1.82, 2.24) is 5.32 Å². The van der Waals surface area contributed by atoms with Crippen LogP contribution in [0.25, 0.3) is 0 Å². The summed E-state index contributed by atoms with van der Waals surface area (Å²) in [5.41, 5.74) is 1.43. The van der Waals surface area contributed by atoms with Crippen molar-refractivity contribution in [2.75, 3.05) is 6.61 Å². The van der Waals surface area contributed by atoms with Gasteiger partial charge in [-0.1, -0.05) is 57.3 Å². The molecule has 1 aromatic carbocycles. The van der Waals surface area contributed by atoms with Gasteiger partial charge in [-0.2, -0.15) is 0 Å². The monoisotopic (exact) mass is 379 g/mol. The summed E-state index contributed by atoms with van der Waals surface area (Å²) >= 11 is 6.11. The van der Waals surface area contributed by atoms with Crippen LogP contribution in [-0.4, -0.2) is 24.7 Å². The summed E-state index contributed by atoms with van der Waals surface area (Å²) in [6, 6.07) is 8.33. The van der Waals surface area contributed by atoms with Crippen LogP contribution in [-0.2, 0) is 14.9 Å². The lowest BCUT2D eigenvalue weighted by atomic mass is 9.58. The van der Waals surface area contributed by atoms with Gasteiger partial charge in [-0.3, -0.25) is 4.79 Å². The Kier molecular flexibility index (Phi) is 7.97. The van der Waals surface area contributed by atoms with Crippen LogP contribution in [0.15, 0.2) is 24.3 Å². The highest BCUT2D eigenvalue weighted by Gasteiger charge is 2.46. The Labute approximate surface area is 163 Å². The van der Waals surface area contributed by atoms with Crippen molar-refractivity contribution in [3.8, 4) is 0 Å². The first-order chi connectivity index (χ1) is 12.4. The van der Waals surface area contributed by atoms with E-state index in [1.807, 2.05) is 19.1 Å². The Balaban J connectivity index is 2.28. The Hall–Kier alpha value is -1.06. The van der Waals surface area contributed by atoms with Crippen LogP contribution in [0.1, 0.15) is 71.8 Å². The lowest BCUT2D eigenvalue weighted by Gasteiger charge is -2.50. The van der Waals surface area contributed by atoms with Gasteiger partial charge in [-0.15, -0.1) is 0 Å². The van der Waals surface area contributed by atoms with Crippen LogP contribution in [0, 0.1) is 5.92 Å². The molecule has 0 aliphatic heterocycles. The molecule has 0 amide bonds. The zero-order chi connectivity index (χ0) is 19.2. The fraction of sp³-hybridized carbons (Fsp3) is 0.682. The largest absolute Gasteiger partial charge is 0.465 e. The first kappa shape index (κ1) is 21.2. The predicted molar refractivity (Wildman–Crippen MR) is 109 cm³/mol. The van der Waals surface area contributed by atoms with E-state index in [4.69, 9.17) is 16.3 Å². The van der Waals surface area contributed by atoms with E-state index in [2.05, 4.69) is 38.2 Å². The van der Waals surface area contributed by atoms with E-state index in [0.29, 0.717) is 12.5 Å². The van der Waals surface area contributed by atoms with Crippen molar-refractivity contribution in [2.45, 2.75) is 83.7 Å². The number of esters is 1. The van der Waals surface area contributed by atoms with Gasteiger partial charge >= 0.3 is 5.97 Å². The van der Waals surface area contributed by atoms with Crippen LogP contribution in [0.5, 0.6) is 0 Å². The molecule has 2 unspecified atom stereocenters. The normalized spacial score (nSPS) is 18.2. The standard InChI is InChI=1S/C22H34ClNO2/c1-5-8-19(21(25)26-6-2)24-20(15-16(3)4)22(13-7-14-22)17-9-11-18(23)12-10-17/h9-12,16,19-20,24H,5-8,13-15H2,1-4H3. The fourth-order valence-electron chi connectivity index (χ4n) is 4.15. The number of ether oxygens (including phenoxy) is 1. The van der Waals surface area contributed by atoms with Crippen LogP contribution < -0.4 is 5.32 Å². The molecule has 1 N–H and O–H groups in total. The molecule has 1 aliphatic rings. The minimum atomic E-state index is -0.228. The maximum Gasteiger partial charge on any atom is 0.323 e. The first-order valence-electron chi connectivity index (χ1n) is 10.1. The van der Waals surface area contributed by atoms with Gasteiger partial charge in [0.15, 0.2) is 0 Å². The topological polar surface area (TPSA) is 38.3 Å². The number of carbonyl (C=O) groups is 1. The molecule has 26 heavy (non-hydrogen) atoms. The molecular weight excluding hydrogens is 346 g/mol. The second kappa shape index (κ2) is 9.75. The smallest absolute Gasteiger partial charge is 0.323 e. The van der Waals surface area contributed by atoms with Crippen molar-refractivity contribution in [2.24, 2.45) is 5.92 Å². The molecule has 1 fully saturated rings. The molecule has 1 aromatic rings. The number of hydrogen-bond acceptors (Lipinski definition) is 3. The number of hydrogen-bond donors (Lipinski definition) is 1. The maximum absolute atomic E-state index is 12.5. The summed E-state index contributed by atoms with van der Waals surface area (Å²) in [6.45, 7) is 8.92. The van der Waals surface area contributed by atoms with Gasteiger partial charge < -0.3 is 10.1 Å². The summed E-state index contributed by atoms with van der Waals surface area (Å²) in [6.07, 6.45) is 6.35. The lowest BCUT2D eigenvalue weighted by Crippen LogP contribution is -2.57. The second-order valence-electron chi connectivity index (χ2n) is 7.96. The van der Waals surface area contributed by atoms with Gasteiger partial charge in [0.05, 0.1) is 6.61 Å². The van der Waals surface area contributed by atoms with Crippen molar-refractivity contribution >= 4 is 17.6 Å². The average Bonchev–Trinajstić information content (AvgIpc) is 2.54. The van der Waals surface area contributed by atoms with Gasteiger partial charge in [-0.05, 0) is 56.2 Å². The second-order valence-corrected chi connectivity index (χ2v) is 8.40. The molecule has 2 atom stereocenters. The Morgan fingerprint density at radius 2 is 1.88 bits per heavy atom. The molecule has 0 radical (unpaired) electrons. The van der Waals surface area contributed by atoms with Crippen LogP contribution in [0.2, 0.25) is 5.02 Å². The van der Waals surface area contributed by atoms with Crippen LogP contribution in [0.3, 0.4) is 0 Å². The van der Waals surface area contributed by atoms with Crippen molar-refractivity contribution in [3.63, 3.8) is 0 Å². The molecule has 146 valence electrons. The number of rotatable bonds is 10. The minimum Gasteiger partial charge on any atom is -0.465 e. The van der Waals surface area contributed by atoms with E-state index in [0.717, 1.165) is 37.1 Å². The number of carbonyl (C=O) groups excluding carboxylic acids is 1. The molecule has 0 bridgehead atoms. The van der Waals surface area contributed by atoms with E-state index in [-0.39, 0.29) is 23.5 Å². The van der Waals surface area contributed by atoms with Crippen LogP contribution >= 0.6 is 11.6 Å². The Bertz CT molecular complexity index is 566. The zero-order valence-electron chi connectivity index (χ0n) is 16.7. The zero-order valence-corrected chi connectivity index (χ0v) is 17.4. The van der Waals surface area contributed by atoms with E-state index in [9.17, 15) is 4.79 Å². The third-order valence-corrected chi connectivity index (χ3v) is 5.84. The van der Waals surface area contributed by atoms with E-state index >= 15 is 0 Å². The van der Waals surface area contributed by atoms with Crippen molar-refractivity contribution in [3.05, 3.63) is 34.9 Å². The SMILES string of the molecule is CCCC(NC(CC(C)C)C1(c2ccc(Cl)cc2)CCC1)C(=O)OCC. The van der Waals surface area contributed by atoms with Gasteiger partial charge in [0.1, 0.15) is 6.04 Å². The van der Waals surface area contributed by atoms with E-state index < -0.39 is 0 Å². The number of benzene rings is 1. The summed E-state index contributed by atoms with van der Waals surface area (Å²) in [5, 5.41) is 4.49. The Morgan fingerprint density at radius 3 is 2.35 bits per heavy atom. The third-order valence-electron chi connectivity index (χ3n) is 5.59. The highest BCUT2D eigenvalue weighted by atomic mass is 35.5. The molecule has 0 spiro atoms.